The van der Waals surface area contributed by atoms with Gasteiger partial charge in [0, 0.05) is 38.5 Å². The molecule has 160 valence electrons. The molecule has 0 aliphatic carbocycles. The van der Waals surface area contributed by atoms with Crippen molar-refractivity contribution in [2.45, 2.75) is 0 Å². The number of para-hydroxylation sites is 1. The first-order chi connectivity index (χ1) is 14.2. The number of pyridine rings is 1. The second kappa shape index (κ2) is 10.6. The van der Waals surface area contributed by atoms with Crippen molar-refractivity contribution < 1.29 is 9.18 Å². The summed E-state index contributed by atoms with van der Waals surface area (Å²) < 4.78 is 14.4. The Morgan fingerprint density at radius 2 is 2.13 bits per heavy atom. The van der Waals surface area contributed by atoms with Gasteiger partial charge >= 0.3 is 0 Å². The Morgan fingerprint density at radius 1 is 1.40 bits per heavy atom. The first-order valence-corrected chi connectivity index (χ1v) is 9.40. The number of hydrogen-bond donors (Lipinski definition) is 4. The summed E-state index contributed by atoms with van der Waals surface area (Å²) in [7, 11) is 6.90. The van der Waals surface area contributed by atoms with Gasteiger partial charge in [-0.05, 0) is 26.2 Å². The van der Waals surface area contributed by atoms with E-state index in [4.69, 9.17) is 17.3 Å². The summed E-state index contributed by atoms with van der Waals surface area (Å²) >= 11 is 6.23. The average molecular weight is 434 g/mol. The number of anilines is 3. The van der Waals surface area contributed by atoms with Gasteiger partial charge < -0.3 is 26.6 Å². The first kappa shape index (κ1) is 23.1. The number of nitrogens with zero attached hydrogens (tertiary/aromatic N) is 3. The number of benzene rings is 1. The Balaban J connectivity index is 2.32. The maximum atomic E-state index is 14.4. The van der Waals surface area contributed by atoms with Gasteiger partial charge in [-0.15, -0.1) is 0 Å². The molecule has 0 unspecified atom stereocenters. The molecule has 0 fully saturated rings. The largest absolute Gasteiger partial charge is 0.401 e. The van der Waals surface area contributed by atoms with Crippen LogP contribution in [-0.4, -0.2) is 56.4 Å². The van der Waals surface area contributed by atoms with Crippen LogP contribution in [0.25, 0.3) is 0 Å². The predicted molar refractivity (Wildman–Crippen MR) is 120 cm³/mol. The van der Waals surface area contributed by atoms with Crippen molar-refractivity contribution in [3.8, 4) is 0 Å². The van der Waals surface area contributed by atoms with Crippen LogP contribution in [0.1, 0.15) is 10.4 Å². The molecule has 1 aromatic heterocycles. The molecular weight excluding hydrogens is 409 g/mol. The fourth-order valence-electron chi connectivity index (χ4n) is 2.59. The molecule has 2 aromatic rings. The van der Waals surface area contributed by atoms with E-state index in [0.717, 1.165) is 0 Å². The summed E-state index contributed by atoms with van der Waals surface area (Å²) in [5.41, 5.74) is 7.14. The van der Waals surface area contributed by atoms with E-state index in [9.17, 15) is 9.18 Å². The van der Waals surface area contributed by atoms with Gasteiger partial charge in [0.1, 0.15) is 17.5 Å². The van der Waals surface area contributed by atoms with Crippen LogP contribution >= 0.6 is 11.6 Å². The molecule has 1 aromatic carbocycles. The smallest absolute Gasteiger partial charge is 0.253 e. The Bertz CT molecular complexity index is 976. The molecule has 0 bridgehead atoms. The van der Waals surface area contributed by atoms with E-state index in [1.807, 2.05) is 19.0 Å². The van der Waals surface area contributed by atoms with Crippen LogP contribution in [0, 0.1) is 5.82 Å². The fourth-order valence-corrected chi connectivity index (χ4v) is 2.74. The molecule has 8 nitrogen and oxygen atoms in total. The molecule has 5 N–H and O–H groups in total. The van der Waals surface area contributed by atoms with Crippen molar-refractivity contribution in [3.63, 3.8) is 0 Å². The highest BCUT2D eigenvalue weighted by Crippen LogP contribution is 2.30. The maximum absolute atomic E-state index is 14.4. The number of amides is 1. The molecular formula is C20H25ClFN7O. The number of halogens is 2. The summed E-state index contributed by atoms with van der Waals surface area (Å²) in [6.07, 6.45) is 3.11. The van der Waals surface area contributed by atoms with Gasteiger partial charge in [-0.3, -0.25) is 9.79 Å². The average Bonchev–Trinajstić information content (AvgIpc) is 2.70. The number of aliphatic imine (C=N–C) groups is 1. The lowest BCUT2D eigenvalue weighted by Crippen LogP contribution is -2.22. The van der Waals surface area contributed by atoms with Crippen LogP contribution in [0.2, 0.25) is 5.02 Å². The molecule has 0 spiro atoms. The van der Waals surface area contributed by atoms with Crippen molar-refractivity contribution in [2.75, 3.05) is 45.4 Å². The van der Waals surface area contributed by atoms with Crippen molar-refractivity contribution in [1.29, 1.82) is 0 Å². The van der Waals surface area contributed by atoms with Gasteiger partial charge in [0.05, 0.1) is 28.2 Å². The number of amidine groups is 1. The summed E-state index contributed by atoms with van der Waals surface area (Å²) in [5, 5.41) is 8.67. The summed E-state index contributed by atoms with van der Waals surface area (Å²) in [4.78, 5) is 22.4. The van der Waals surface area contributed by atoms with Crippen LogP contribution in [0.4, 0.5) is 21.6 Å². The zero-order valence-electron chi connectivity index (χ0n) is 17.3. The summed E-state index contributed by atoms with van der Waals surface area (Å²) in [6, 6.07) is 5.81. The SMILES string of the molecule is CN=C(C=C(N)CN(C)C)Nc1cc(Nc2c(F)cccc2C(=O)NC)c(Cl)cn1. The van der Waals surface area contributed by atoms with Gasteiger partial charge in [-0.25, -0.2) is 9.37 Å². The molecule has 0 aliphatic heterocycles. The normalized spacial score (nSPS) is 12.1. The molecule has 1 amide bonds. The molecule has 0 radical (unpaired) electrons. The lowest BCUT2D eigenvalue weighted by atomic mass is 10.1. The Kier molecular flexibility index (Phi) is 8.14. The topological polar surface area (TPSA) is 108 Å². The van der Waals surface area contributed by atoms with Crippen LogP contribution in [-0.2, 0) is 0 Å². The summed E-state index contributed by atoms with van der Waals surface area (Å²) in [5.74, 6) is -0.113. The molecule has 0 aliphatic rings. The molecule has 0 atom stereocenters. The van der Waals surface area contributed by atoms with Crippen LogP contribution in [0.15, 0.2) is 47.2 Å². The number of carbonyl (C=O) groups is 1. The Morgan fingerprint density at radius 3 is 2.77 bits per heavy atom. The first-order valence-electron chi connectivity index (χ1n) is 9.02. The standard InChI is InChI=1S/C20H25ClFN7O/c1-24-17(8-12(23)11-29(3)4)28-18-9-16(14(21)10-26-18)27-19-13(20(30)25-2)6-5-7-15(19)22/h5-10H,11,23H2,1-4H3,(H,25,30)(H2,24,26,27,28). The minimum Gasteiger partial charge on any atom is -0.401 e. The van der Waals surface area contributed by atoms with Crippen LogP contribution in [0.3, 0.4) is 0 Å². The number of carbonyl (C=O) groups excluding carboxylic acids is 1. The van der Waals surface area contributed by atoms with Crippen LogP contribution in [0.5, 0.6) is 0 Å². The molecule has 0 saturated carbocycles. The van der Waals surface area contributed by atoms with Crippen molar-refractivity contribution in [2.24, 2.45) is 10.7 Å². The third kappa shape index (κ3) is 6.16. The minimum atomic E-state index is -0.589. The number of nitrogens with two attached hydrogens (primary N) is 1. The highest BCUT2D eigenvalue weighted by Gasteiger charge is 2.16. The van der Waals surface area contributed by atoms with E-state index in [2.05, 4.69) is 25.9 Å². The van der Waals surface area contributed by atoms with E-state index in [1.54, 1.807) is 19.2 Å². The summed E-state index contributed by atoms with van der Waals surface area (Å²) in [6.45, 7) is 0.567. The lowest BCUT2D eigenvalue weighted by molar-refractivity contribution is 0.0963. The second-order valence-corrected chi connectivity index (χ2v) is 7.01. The van der Waals surface area contributed by atoms with E-state index in [-0.39, 0.29) is 16.3 Å². The Hall–Kier alpha value is -3.17. The molecule has 0 saturated heterocycles. The third-order valence-corrected chi connectivity index (χ3v) is 4.22. The number of hydrogen-bond acceptors (Lipinski definition) is 6. The van der Waals surface area contributed by atoms with E-state index < -0.39 is 11.7 Å². The molecule has 30 heavy (non-hydrogen) atoms. The number of nitrogens with one attached hydrogen (secondary N) is 3. The zero-order chi connectivity index (χ0) is 22.3. The van der Waals surface area contributed by atoms with Gasteiger partial charge in [-0.1, -0.05) is 17.7 Å². The molecule has 1 heterocycles. The quantitative estimate of drug-likeness (QED) is 0.395. The van der Waals surface area contributed by atoms with E-state index in [0.29, 0.717) is 29.6 Å². The lowest BCUT2D eigenvalue weighted by Gasteiger charge is -2.15. The van der Waals surface area contributed by atoms with Gasteiger partial charge in [-0.2, -0.15) is 0 Å². The second-order valence-electron chi connectivity index (χ2n) is 6.61. The minimum absolute atomic E-state index is 0.00963. The number of aromatic nitrogens is 1. The predicted octanol–water partition coefficient (Wildman–Crippen LogP) is 2.82. The number of likely N-dealkylation sites (N-methyl/N-ethyl adjacent to an activating group) is 1. The van der Waals surface area contributed by atoms with Crippen LogP contribution < -0.4 is 21.7 Å². The number of rotatable bonds is 7. The Labute approximate surface area is 180 Å². The highest BCUT2D eigenvalue weighted by molar-refractivity contribution is 6.33. The van der Waals surface area contributed by atoms with Gasteiger partial charge in [0.2, 0.25) is 0 Å². The van der Waals surface area contributed by atoms with Crippen molar-refractivity contribution in [1.82, 2.24) is 15.2 Å². The fraction of sp³-hybridized carbons (Fsp3) is 0.250. The van der Waals surface area contributed by atoms with Crippen molar-refractivity contribution >= 4 is 40.5 Å². The highest BCUT2D eigenvalue weighted by atomic mass is 35.5. The van der Waals surface area contributed by atoms with E-state index in [1.165, 1.54) is 31.4 Å². The van der Waals surface area contributed by atoms with Gasteiger partial charge in [0.15, 0.2) is 0 Å². The maximum Gasteiger partial charge on any atom is 0.253 e. The molecule has 2 rings (SSSR count). The monoisotopic (exact) mass is 433 g/mol. The molecule has 10 heteroatoms. The zero-order valence-corrected chi connectivity index (χ0v) is 18.0. The van der Waals surface area contributed by atoms with Gasteiger partial charge in [0.25, 0.3) is 5.91 Å². The van der Waals surface area contributed by atoms with E-state index >= 15 is 0 Å². The van der Waals surface area contributed by atoms with Crippen molar-refractivity contribution in [3.05, 3.63) is 58.6 Å². The third-order valence-electron chi connectivity index (χ3n) is 3.92.